The number of hydrogen-bond acceptors (Lipinski definition) is 5. The quantitative estimate of drug-likeness (QED) is 0.503. The monoisotopic (exact) mass is 207 g/mol. The van der Waals surface area contributed by atoms with E-state index in [0.717, 1.165) is 5.75 Å². The lowest BCUT2D eigenvalue weighted by Gasteiger charge is -2.01. The van der Waals surface area contributed by atoms with E-state index >= 15 is 0 Å². The molecule has 0 aromatic rings. The molecule has 1 aliphatic heterocycles. The molecule has 0 fully saturated rings. The Kier molecular flexibility index (Phi) is 3.16. The molecule has 1 aliphatic rings. The van der Waals surface area contributed by atoms with Crippen molar-refractivity contribution in [3.05, 3.63) is 12.7 Å². The van der Waals surface area contributed by atoms with Gasteiger partial charge in [-0.3, -0.25) is 0 Å². The highest BCUT2D eigenvalue weighted by Crippen LogP contribution is 2.14. The van der Waals surface area contributed by atoms with E-state index < -0.39 is 10.1 Å². The predicted molar refractivity (Wildman–Crippen MR) is 49.8 cm³/mol. The molecule has 0 unspecified atom stereocenters. The van der Waals surface area contributed by atoms with E-state index in [4.69, 9.17) is 0 Å². The van der Waals surface area contributed by atoms with Crippen LogP contribution >= 0.6 is 11.8 Å². The normalized spacial score (nSPS) is 17.2. The number of thioether (sulfide) groups is 1. The Hall–Kier alpha value is -0.490. The van der Waals surface area contributed by atoms with Gasteiger partial charge in [-0.05, 0) is 0 Å². The lowest BCUT2D eigenvalue weighted by molar-refractivity contribution is 0.492. The molecule has 0 aromatic carbocycles. The first-order valence-corrected chi connectivity index (χ1v) is 5.90. The molecular formula is C6H9NO3S2. The first-order chi connectivity index (χ1) is 5.64. The molecule has 0 saturated heterocycles. The fourth-order valence-electron chi connectivity index (χ4n) is 0.653. The maximum atomic E-state index is 11.0. The van der Waals surface area contributed by atoms with Gasteiger partial charge in [-0.1, -0.05) is 17.8 Å². The van der Waals surface area contributed by atoms with Crippen molar-refractivity contribution in [2.75, 3.05) is 18.1 Å². The fourth-order valence-corrected chi connectivity index (χ4v) is 2.32. The van der Waals surface area contributed by atoms with Crippen molar-refractivity contribution >= 4 is 27.1 Å². The second-order valence-corrected chi connectivity index (χ2v) is 4.75. The van der Waals surface area contributed by atoms with Crippen LogP contribution in [0.15, 0.2) is 17.6 Å². The molecule has 4 nitrogen and oxygen atoms in total. The third-order valence-corrected chi connectivity index (χ3v) is 3.09. The molecule has 0 aromatic heterocycles. The zero-order valence-corrected chi connectivity index (χ0v) is 8.03. The van der Waals surface area contributed by atoms with Crippen LogP contribution in [0, 0.1) is 0 Å². The molecule has 0 atom stereocenters. The first kappa shape index (κ1) is 9.60. The zero-order chi connectivity index (χ0) is 9.03. The van der Waals surface area contributed by atoms with Gasteiger partial charge in [0, 0.05) is 5.75 Å². The van der Waals surface area contributed by atoms with Crippen LogP contribution in [0.1, 0.15) is 0 Å². The van der Waals surface area contributed by atoms with Gasteiger partial charge in [0.05, 0.1) is 6.54 Å². The summed E-state index contributed by atoms with van der Waals surface area (Å²) in [5, 5.41) is 0.247. The highest BCUT2D eigenvalue weighted by atomic mass is 32.2. The summed E-state index contributed by atoms with van der Waals surface area (Å²) in [5.41, 5.74) is 0. The van der Waals surface area contributed by atoms with Gasteiger partial charge >= 0.3 is 10.1 Å². The van der Waals surface area contributed by atoms with Crippen molar-refractivity contribution in [3.63, 3.8) is 0 Å². The highest BCUT2D eigenvalue weighted by molar-refractivity contribution is 8.14. The van der Waals surface area contributed by atoms with Crippen LogP contribution in [0.2, 0.25) is 0 Å². The van der Waals surface area contributed by atoms with Crippen LogP contribution in [0.5, 0.6) is 0 Å². The van der Waals surface area contributed by atoms with Crippen molar-refractivity contribution < 1.29 is 12.6 Å². The largest absolute Gasteiger partial charge is 0.355 e. The maximum absolute atomic E-state index is 11.0. The highest BCUT2D eigenvalue weighted by Gasteiger charge is 2.16. The molecule has 1 rings (SSSR count). The van der Waals surface area contributed by atoms with Crippen LogP contribution in [0.4, 0.5) is 0 Å². The van der Waals surface area contributed by atoms with Gasteiger partial charge in [-0.25, -0.2) is 4.99 Å². The Morgan fingerprint density at radius 3 is 3.00 bits per heavy atom. The van der Waals surface area contributed by atoms with Crippen molar-refractivity contribution in [3.8, 4) is 0 Å². The van der Waals surface area contributed by atoms with Gasteiger partial charge in [-0.2, -0.15) is 8.42 Å². The summed E-state index contributed by atoms with van der Waals surface area (Å²) in [6, 6.07) is 0. The molecule has 0 aliphatic carbocycles. The van der Waals surface area contributed by atoms with Crippen molar-refractivity contribution in [1.29, 1.82) is 0 Å². The summed E-state index contributed by atoms with van der Waals surface area (Å²) in [6.45, 7) is 3.94. The molecule has 6 heteroatoms. The number of aliphatic imine (C=N–C) groups is 1. The van der Waals surface area contributed by atoms with Crippen LogP contribution in [0.25, 0.3) is 0 Å². The van der Waals surface area contributed by atoms with Crippen molar-refractivity contribution in [2.24, 2.45) is 4.99 Å². The Balaban J connectivity index is 2.54. The van der Waals surface area contributed by atoms with Gasteiger partial charge in [0.25, 0.3) is 5.23 Å². The summed E-state index contributed by atoms with van der Waals surface area (Å²) < 4.78 is 26.7. The average molecular weight is 207 g/mol. The summed E-state index contributed by atoms with van der Waals surface area (Å²) >= 11 is 1.31. The average Bonchev–Trinajstić information content (AvgIpc) is 2.38. The lowest BCUT2D eigenvalue weighted by atomic mass is 10.8. The molecule has 0 radical (unpaired) electrons. The maximum Gasteiger partial charge on any atom is 0.314 e. The fraction of sp³-hybridized carbons (Fsp3) is 0.500. The van der Waals surface area contributed by atoms with Crippen molar-refractivity contribution in [2.45, 2.75) is 0 Å². The molecule has 68 valence electrons. The molecule has 12 heavy (non-hydrogen) atoms. The summed E-state index contributed by atoms with van der Waals surface area (Å²) in [7, 11) is -3.48. The van der Waals surface area contributed by atoms with Crippen LogP contribution in [-0.4, -0.2) is 31.7 Å². The van der Waals surface area contributed by atoms with Gasteiger partial charge < -0.3 is 4.18 Å². The number of hydrogen-bond donors (Lipinski definition) is 0. The molecule has 1 heterocycles. The Morgan fingerprint density at radius 1 is 1.75 bits per heavy atom. The number of nitrogens with zero attached hydrogens (tertiary/aromatic N) is 1. The topological polar surface area (TPSA) is 55.7 Å². The molecule has 0 saturated carbocycles. The van der Waals surface area contributed by atoms with E-state index in [9.17, 15) is 8.42 Å². The van der Waals surface area contributed by atoms with E-state index in [1.807, 2.05) is 0 Å². The zero-order valence-electron chi connectivity index (χ0n) is 6.39. The van der Waals surface area contributed by atoms with Crippen LogP contribution in [0.3, 0.4) is 0 Å². The Labute approximate surface area is 75.8 Å². The van der Waals surface area contributed by atoms with E-state index in [1.165, 1.54) is 17.8 Å². The molecule has 0 spiro atoms. The summed E-state index contributed by atoms with van der Waals surface area (Å²) in [4.78, 5) is 3.85. The van der Waals surface area contributed by atoms with Gasteiger partial charge in [0.2, 0.25) is 0 Å². The van der Waals surface area contributed by atoms with Crippen LogP contribution < -0.4 is 0 Å². The minimum atomic E-state index is -3.48. The molecule has 0 bridgehead atoms. The van der Waals surface area contributed by atoms with E-state index in [-0.39, 0.29) is 11.0 Å². The third-order valence-electron chi connectivity index (χ3n) is 1.08. The molecule has 0 N–H and O–H groups in total. The third kappa shape index (κ3) is 2.86. The Morgan fingerprint density at radius 2 is 2.50 bits per heavy atom. The first-order valence-electron chi connectivity index (χ1n) is 3.34. The minimum Gasteiger partial charge on any atom is -0.355 e. The smallest absolute Gasteiger partial charge is 0.314 e. The van der Waals surface area contributed by atoms with Gasteiger partial charge in [-0.15, -0.1) is 6.58 Å². The van der Waals surface area contributed by atoms with Gasteiger partial charge in [0.15, 0.2) is 0 Å². The summed E-state index contributed by atoms with van der Waals surface area (Å²) in [5.74, 6) is 0.617. The minimum absolute atomic E-state index is 0.174. The predicted octanol–water partition coefficient (Wildman–Crippen LogP) is 0.622. The lowest BCUT2D eigenvalue weighted by Crippen LogP contribution is -2.11. The summed E-state index contributed by atoms with van der Waals surface area (Å²) in [6.07, 6.45) is 1.29. The van der Waals surface area contributed by atoms with E-state index in [1.54, 1.807) is 0 Å². The second kappa shape index (κ2) is 3.95. The number of rotatable bonds is 3. The van der Waals surface area contributed by atoms with E-state index in [0.29, 0.717) is 6.54 Å². The van der Waals surface area contributed by atoms with Crippen molar-refractivity contribution in [1.82, 2.24) is 0 Å². The molecule has 0 amide bonds. The SMILES string of the molecule is C=CCS(=O)(=O)OC1=NCCS1. The van der Waals surface area contributed by atoms with Crippen LogP contribution in [-0.2, 0) is 14.3 Å². The van der Waals surface area contributed by atoms with Gasteiger partial charge in [0.1, 0.15) is 5.75 Å². The van der Waals surface area contributed by atoms with E-state index in [2.05, 4.69) is 15.8 Å². The Bertz CT molecular complexity index is 294. The second-order valence-electron chi connectivity index (χ2n) is 2.09. The standard InChI is InChI=1S/C6H9NO3S2/c1-2-5-12(8,9)10-6-7-3-4-11-6/h2H,1,3-5H2. The molecular weight excluding hydrogens is 198 g/mol.